The van der Waals surface area contributed by atoms with E-state index in [4.69, 9.17) is 32.7 Å². The third-order valence-corrected chi connectivity index (χ3v) is 5.18. The summed E-state index contributed by atoms with van der Waals surface area (Å²) < 4.78 is 12.2. The van der Waals surface area contributed by atoms with E-state index in [9.17, 15) is 0 Å². The first-order valence-corrected chi connectivity index (χ1v) is 10.5. The van der Waals surface area contributed by atoms with Crippen molar-refractivity contribution in [3.8, 4) is 11.5 Å². The predicted molar refractivity (Wildman–Crippen MR) is 117 cm³/mol. The van der Waals surface area contributed by atoms with Crippen LogP contribution in [0.15, 0.2) is 34.8 Å². The molecule has 0 bridgehead atoms. The molecule has 154 valence electrons. The Morgan fingerprint density at radius 3 is 2.76 bits per heavy atom. The van der Waals surface area contributed by atoms with Crippen LogP contribution >= 0.6 is 39.1 Å². The molecule has 3 rings (SSSR count). The minimum Gasteiger partial charge on any atom is -0.493 e. The van der Waals surface area contributed by atoms with Gasteiger partial charge in [-0.15, -0.1) is 5.10 Å². The molecular weight excluding hydrogens is 481 g/mol. The number of aryl methyl sites for hydroxylation is 1. The van der Waals surface area contributed by atoms with Gasteiger partial charge in [-0.05, 0) is 57.4 Å². The van der Waals surface area contributed by atoms with Crippen molar-refractivity contribution in [3.63, 3.8) is 0 Å². The molecule has 0 aliphatic heterocycles. The van der Waals surface area contributed by atoms with Crippen LogP contribution in [0, 0.1) is 0 Å². The van der Waals surface area contributed by atoms with Gasteiger partial charge in [0.25, 0.3) is 5.95 Å². The van der Waals surface area contributed by atoms with E-state index in [-0.39, 0.29) is 6.61 Å². The summed E-state index contributed by atoms with van der Waals surface area (Å²) in [6, 6.07) is 9.14. The van der Waals surface area contributed by atoms with Crippen molar-refractivity contribution in [1.29, 1.82) is 0 Å². The van der Waals surface area contributed by atoms with E-state index in [1.165, 1.54) is 0 Å². The van der Waals surface area contributed by atoms with E-state index in [1.54, 1.807) is 24.0 Å². The van der Waals surface area contributed by atoms with E-state index >= 15 is 0 Å². The largest absolute Gasteiger partial charge is 0.493 e. The van der Waals surface area contributed by atoms with E-state index in [0.29, 0.717) is 34.0 Å². The number of ether oxygens (including phenoxy) is 2. The molecule has 1 N–H and O–H groups in total. The Kier molecular flexibility index (Phi) is 7.57. The van der Waals surface area contributed by atoms with Gasteiger partial charge in [0.2, 0.25) is 0 Å². The topological polar surface area (TPSA) is 74.1 Å². The highest BCUT2D eigenvalue weighted by Gasteiger charge is 2.13. The molecule has 7 nitrogen and oxygen atoms in total. The lowest BCUT2D eigenvalue weighted by Gasteiger charge is -2.15. The van der Waals surface area contributed by atoms with Crippen molar-refractivity contribution < 1.29 is 9.47 Å². The number of tetrazole rings is 1. The van der Waals surface area contributed by atoms with Gasteiger partial charge in [0.05, 0.1) is 18.1 Å². The summed E-state index contributed by atoms with van der Waals surface area (Å²) in [4.78, 5) is 1.57. The van der Waals surface area contributed by atoms with Gasteiger partial charge in [0.1, 0.15) is 6.61 Å². The second-order valence-corrected chi connectivity index (χ2v) is 7.89. The number of halogens is 3. The molecule has 29 heavy (non-hydrogen) atoms. The second-order valence-electron chi connectivity index (χ2n) is 6.20. The monoisotopic (exact) mass is 499 g/mol. The molecule has 3 aromatic rings. The summed E-state index contributed by atoms with van der Waals surface area (Å²) in [5.74, 6) is 1.67. The average molecular weight is 501 g/mol. The zero-order chi connectivity index (χ0) is 20.8. The molecule has 10 heteroatoms. The minimum atomic E-state index is 0.285. The van der Waals surface area contributed by atoms with Gasteiger partial charge >= 0.3 is 0 Å². The van der Waals surface area contributed by atoms with Gasteiger partial charge < -0.3 is 14.8 Å². The van der Waals surface area contributed by atoms with Gasteiger partial charge in [-0.3, -0.25) is 0 Å². The van der Waals surface area contributed by atoms with Crippen LogP contribution in [0.5, 0.6) is 11.5 Å². The molecule has 0 aliphatic carbocycles. The standard InChI is InChI=1S/C19H20BrCl2N5O2/c1-3-6-27-25-19(24-26-27)23-10-12-7-15(20)18(17(8-12)28-2)29-11-13-4-5-14(21)9-16(13)22/h4-5,7-9H,3,6,10-11H2,1-2H3,(H,23,25). The van der Waals surface area contributed by atoms with E-state index in [2.05, 4.69) is 43.6 Å². The fourth-order valence-corrected chi connectivity index (χ4v) is 3.66. The molecule has 0 unspecified atom stereocenters. The Bertz CT molecular complexity index is 983. The third-order valence-electron chi connectivity index (χ3n) is 4.00. The summed E-state index contributed by atoms with van der Waals surface area (Å²) in [6.45, 7) is 3.59. The van der Waals surface area contributed by atoms with Crippen molar-refractivity contribution in [1.82, 2.24) is 20.2 Å². The molecule has 1 aromatic heterocycles. The van der Waals surface area contributed by atoms with Crippen LogP contribution in [-0.4, -0.2) is 27.3 Å². The maximum absolute atomic E-state index is 6.22. The third kappa shape index (κ3) is 5.74. The van der Waals surface area contributed by atoms with Crippen LogP contribution in [0.4, 0.5) is 5.95 Å². The molecule has 0 saturated heterocycles. The number of hydrogen-bond acceptors (Lipinski definition) is 6. The number of rotatable bonds is 9. The zero-order valence-corrected chi connectivity index (χ0v) is 19.1. The SMILES string of the molecule is CCCn1nnc(NCc2cc(Br)c(OCc3ccc(Cl)cc3Cl)c(OC)c2)n1. The summed E-state index contributed by atoms with van der Waals surface area (Å²) in [5, 5.41) is 16.5. The van der Waals surface area contributed by atoms with Crippen LogP contribution in [0.1, 0.15) is 24.5 Å². The van der Waals surface area contributed by atoms with Crippen molar-refractivity contribution in [2.75, 3.05) is 12.4 Å². The Morgan fingerprint density at radius 1 is 1.21 bits per heavy atom. The summed E-state index contributed by atoms with van der Waals surface area (Å²) in [6.07, 6.45) is 0.947. The first kappa shape index (κ1) is 21.7. The van der Waals surface area contributed by atoms with Crippen LogP contribution in [0.25, 0.3) is 0 Å². The quantitative estimate of drug-likeness (QED) is 0.426. The molecular formula is C19H20BrCl2N5O2. The number of hydrogen-bond donors (Lipinski definition) is 1. The lowest BCUT2D eigenvalue weighted by Crippen LogP contribution is -2.05. The van der Waals surface area contributed by atoms with Gasteiger partial charge in [-0.25, -0.2) is 0 Å². The van der Waals surface area contributed by atoms with Crippen LogP contribution in [0.2, 0.25) is 10.0 Å². The molecule has 0 atom stereocenters. The highest BCUT2D eigenvalue weighted by molar-refractivity contribution is 9.10. The molecule has 0 aliphatic rings. The number of methoxy groups -OCH3 is 1. The molecule has 0 spiro atoms. The zero-order valence-electron chi connectivity index (χ0n) is 16.0. The van der Waals surface area contributed by atoms with Gasteiger partial charge in [-0.2, -0.15) is 4.80 Å². The molecule has 0 radical (unpaired) electrons. The van der Waals surface area contributed by atoms with E-state index < -0.39 is 0 Å². The fraction of sp³-hybridized carbons (Fsp3) is 0.316. The average Bonchev–Trinajstić information content (AvgIpc) is 3.14. The van der Waals surface area contributed by atoms with Gasteiger partial charge in [0, 0.05) is 22.2 Å². The molecule has 0 fully saturated rings. The summed E-state index contributed by atoms with van der Waals surface area (Å²) in [7, 11) is 1.60. The Hall–Kier alpha value is -2.03. The summed E-state index contributed by atoms with van der Waals surface area (Å²) in [5.41, 5.74) is 1.80. The fourth-order valence-electron chi connectivity index (χ4n) is 2.59. The van der Waals surface area contributed by atoms with Crippen LogP contribution in [-0.2, 0) is 19.7 Å². The van der Waals surface area contributed by atoms with E-state index in [1.807, 2.05) is 18.2 Å². The van der Waals surface area contributed by atoms with Crippen LogP contribution in [0.3, 0.4) is 0 Å². The number of nitrogens with one attached hydrogen (secondary N) is 1. The van der Waals surface area contributed by atoms with Gasteiger partial charge in [-0.1, -0.05) is 41.3 Å². The Balaban J connectivity index is 1.69. The molecule has 2 aromatic carbocycles. The molecule has 1 heterocycles. The van der Waals surface area contributed by atoms with Crippen LogP contribution < -0.4 is 14.8 Å². The van der Waals surface area contributed by atoms with Gasteiger partial charge in [0.15, 0.2) is 11.5 Å². The minimum absolute atomic E-state index is 0.285. The van der Waals surface area contributed by atoms with Crippen molar-refractivity contribution in [2.24, 2.45) is 0 Å². The van der Waals surface area contributed by atoms with Crippen molar-refractivity contribution in [2.45, 2.75) is 33.0 Å². The van der Waals surface area contributed by atoms with E-state index in [0.717, 1.165) is 28.6 Å². The first-order chi connectivity index (χ1) is 14.0. The smallest absolute Gasteiger partial charge is 0.263 e. The Morgan fingerprint density at radius 2 is 2.03 bits per heavy atom. The lowest BCUT2D eigenvalue weighted by molar-refractivity contribution is 0.282. The maximum atomic E-state index is 6.22. The summed E-state index contributed by atoms with van der Waals surface area (Å²) >= 11 is 15.7. The molecule has 0 amide bonds. The number of nitrogens with zero attached hydrogens (tertiary/aromatic N) is 4. The highest BCUT2D eigenvalue weighted by Crippen LogP contribution is 2.37. The van der Waals surface area contributed by atoms with Crippen molar-refractivity contribution in [3.05, 3.63) is 56.0 Å². The predicted octanol–water partition coefficient (Wildman–Crippen LogP) is 5.35. The second kappa shape index (κ2) is 10.1. The highest BCUT2D eigenvalue weighted by atomic mass is 79.9. The maximum Gasteiger partial charge on any atom is 0.263 e. The first-order valence-electron chi connectivity index (χ1n) is 8.95. The number of anilines is 1. The lowest BCUT2D eigenvalue weighted by atomic mass is 10.2. The molecule has 0 saturated carbocycles. The van der Waals surface area contributed by atoms with Crippen molar-refractivity contribution >= 4 is 45.1 Å². The Labute approximate surface area is 187 Å². The normalized spacial score (nSPS) is 10.8. The number of benzene rings is 2. The number of aromatic nitrogens is 4.